The standard InChI is InChI=1S/C17H26N2O3S/c1-18(2)23(20,21)17-5-3-4-14(10-17)11-19(16-6-7-16)12-15-8-9-22-13-15/h3-5,10,15-16H,6-9,11-13H2,1-2H3/t15-/m1/s1. The lowest BCUT2D eigenvalue weighted by molar-refractivity contribution is 0.161. The molecular formula is C17H26N2O3S. The predicted molar refractivity (Wildman–Crippen MR) is 89.7 cm³/mol. The van der Waals surface area contributed by atoms with Crippen LogP contribution in [-0.2, 0) is 21.3 Å². The third-order valence-electron chi connectivity index (χ3n) is 4.64. The molecule has 6 heteroatoms. The molecule has 2 fully saturated rings. The van der Waals surface area contributed by atoms with Crippen LogP contribution in [0.25, 0.3) is 0 Å². The monoisotopic (exact) mass is 338 g/mol. The van der Waals surface area contributed by atoms with Crippen LogP contribution in [0.2, 0.25) is 0 Å². The van der Waals surface area contributed by atoms with Crippen LogP contribution in [0, 0.1) is 5.92 Å². The van der Waals surface area contributed by atoms with Gasteiger partial charge in [0.15, 0.2) is 0 Å². The molecule has 0 amide bonds. The Kier molecular flexibility index (Phi) is 5.06. The van der Waals surface area contributed by atoms with E-state index in [9.17, 15) is 8.42 Å². The fourth-order valence-corrected chi connectivity index (χ4v) is 4.06. The fourth-order valence-electron chi connectivity index (χ4n) is 3.09. The lowest BCUT2D eigenvalue weighted by Crippen LogP contribution is -2.31. The largest absolute Gasteiger partial charge is 0.381 e. The SMILES string of the molecule is CN(C)S(=O)(=O)c1cccc(CN(C[C@H]2CCOC2)C2CC2)c1. The Morgan fingerprint density at radius 1 is 1.22 bits per heavy atom. The molecule has 0 N–H and O–H groups in total. The quantitative estimate of drug-likeness (QED) is 0.762. The molecule has 1 saturated heterocycles. The molecule has 0 unspecified atom stereocenters. The average Bonchev–Trinajstić information content (AvgIpc) is 3.25. The van der Waals surface area contributed by atoms with Crippen LogP contribution in [0.4, 0.5) is 0 Å². The van der Waals surface area contributed by atoms with Gasteiger partial charge in [0.25, 0.3) is 0 Å². The molecule has 1 aromatic rings. The van der Waals surface area contributed by atoms with E-state index in [1.54, 1.807) is 20.2 Å². The Morgan fingerprint density at radius 3 is 2.61 bits per heavy atom. The smallest absolute Gasteiger partial charge is 0.242 e. The number of ether oxygens (including phenoxy) is 1. The van der Waals surface area contributed by atoms with Crippen LogP contribution in [0.3, 0.4) is 0 Å². The second kappa shape index (κ2) is 6.89. The van der Waals surface area contributed by atoms with Gasteiger partial charge in [-0.05, 0) is 42.9 Å². The summed E-state index contributed by atoms with van der Waals surface area (Å²) in [6.45, 7) is 3.60. The van der Waals surface area contributed by atoms with E-state index < -0.39 is 10.0 Å². The second-order valence-corrected chi connectivity index (χ2v) is 8.98. The minimum atomic E-state index is -3.37. The van der Waals surface area contributed by atoms with Crippen LogP contribution < -0.4 is 0 Å². The molecular weight excluding hydrogens is 312 g/mol. The van der Waals surface area contributed by atoms with Gasteiger partial charge in [0, 0.05) is 39.8 Å². The molecule has 1 aliphatic carbocycles. The molecule has 1 aromatic carbocycles. The Balaban J connectivity index is 1.73. The highest BCUT2D eigenvalue weighted by atomic mass is 32.2. The van der Waals surface area contributed by atoms with Crippen LogP contribution in [0.5, 0.6) is 0 Å². The molecule has 1 heterocycles. The zero-order chi connectivity index (χ0) is 16.4. The van der Waals surface area contributed by atoms with Gasteiger partial charge in [-0.2, -0.15) is 0 Å². The molecule has 1 aliphatic heterocycles. The maximum Gasteiger partial charge on any atom is 0.242 e. The van der Waals surface area contributed by atoms with Gasteiger partial charge in [-0.15, -0.1) is 0 Å². The lowest BCUT2D eigenvalue weighted by Gasteiger charge is -2.25. The molecule has 1 saturated carbocycles. The van der Waals surface area contributed by atoms with E-state index >= 15 is 0 Å². The molecule has 0 spiro atoms. The van der Waals surface area contributed by atoms with E-state index in [1.807, 2.05) is 18.2 Å². The minimum Gasteiger partial charge on any atom is -0.381 e. The number of sulfonamides is 1. The minimum absolute atomic E-state index is 0.375. The van der Waals surface area contributed by atoms with Gasteiger partial charge in [-0.3, -0.25) is 4.90 Å². The molecule has 0 radical (unpaired) electrons. The van der Waals surface area contributed by atoms with Crippen LogP contribution in [0.1, 0.15) is 24.8 Å². The molecule has 0 aromatic heterocycles. The van der Waals surface area contributed by atoms with Gasteiger partial charge in [0.05, 0.1) is 11.5 Å². The first kappa shape index (κ1) is 16.9. The highest BCUT2D eigenvalue weighted by molar-refractivity contribution is 7.89. The van der Waals surface area contributed by atoms with Crippen molar-refractivity contribution in [2.24, 2.45) is 5.92 Å². The van der Waals surface area contributed by atoms with E-state index in [4.69, 9.17) is 4.74 Å². The van der Waals surface area contributed by atoms with Gasteiger partial charge in [-0.1, -0.05) is 12.1 Å². The normalized spacial score (nSPS) is 22.2. The summed E-state index contributed by atoms with van der Waals surface area (Å²) in [5, 5.41) is 0. The van der Waals surface area contributed by atoms with Crippen molar-refractivity contribution in [2.75, 3.05) is 33.9 Å². The molecule has 23 heavy (non-hydrogen) atoms. The Bertz CT molecular complexity index is 635. The summed E-state index contributed by atoms with van der Waals surface area (Å²) in [5.74, 6) is 0.615. The summed E-state index contributed by atoms with van der Waals surface area (Å²) in [4.78, 5) is 2.88. The van der Waals surface area contributed by atoms with E-state index in [2.05, 4.69) is 4.90 Å². The molecule has 1 atom stereocenters. The number of rotatable bonds is 7. The first-order valence-electron chi connectivity index (χ1n) is 8.30. The number of benzene rings is 1. The third kappa shape index (κ3) is 4.12. The van der Waals surface area contributed by atoms with Gasteiger partial charge in [-0.25, -0.2) is 12.7 Å². The topological polar surface area (TPSA) is 49.9 Å². The second-order valence-electron chi connectivity index (χ2n) is 6.83. The maximum absolute atomic E-state index is 12.3. The zero-order valence-corrected chi connectivity index (χ0v) is 14.8. The molecule has 128 valence electrons. The van der Waals surface area contributed by atoms with Crippen molar-refractivity contribution < 1.29 is 13.2 Å². The number of nitrogens with zero attached hydrogens (tertiary/aromatic N) is 2. The van der Waals surface area contributed by atoms with E-state index in [1.165, 1.54) is 17.1 Å². The van der Waals surface area contributed by atoms with Crippen molar-refractivity contribution in [3.63, 3.8) is 0 Å². The van der Waals surface area contributed by atoms with Gasteiger partial charge in [0.1, 0.15) is 0 Å². The molecule has 3 rings (SSSR count). The predicted octanol–water partition coefficient (Wildman–Crippen LogP) is 1.94. The summed E-state index contributed by atoms with van der Waals surface area (Å²) in [5.41, 5.74) is 1.07. The van der Waals surface area contributed by atoms with Crippen molar-refractivity contribution in [1.82, 2.24) is 9.21 Å². The third-order valence-corrected chi connectivity index (χ3v) is 6.45. The molecule has 2 aliphatic rings. The Labute approximate surface area is 139 Å². The Hall–Kier alpha value is -0.950. The fraction of sp³-hybridized carbons (Fsp3) is 0.647. The summed E-state index contributed by atoms with van der Waals surface area (Å²) in [6, 6.07) is 8.01. The van der Waals surface area contributed by atoms with E-state index in [-0.39, 0.29) is 0 Å². The highest BCUT2D eigenvalue weighted by Crippen LogP contribution is 2.30. The van der Waals surface area contributed by atoms with Gasteiger partial charge in [0.2, 0.25) is 10.0 Å². The van der Waals surface area contributed by atoms with E-state index in [0.29, 0.717) is 16.9 Å². The van der Waals surface area contributed by atoms with E-state index in [0.717, 1.165) is 38.3 Å². The Morgan fingerprint density at radius 2 is 2.00 bits per heavy atom. The summed E-state index contributed by atoms with van der Waals surface area (Å²) in [6.07, 6.45) is 3.64. The summed E-state index contributed by atoms with van der Waals surface area (Å²) >= 11 is 0. The zero-order valence-electron chi connectivity index (χ0n) is 13.9. The number of hydrogen-bond acceptors (Lipinski definition) is 4. The van der Waals surface area contributed by atoms with Gasteiger partial charge >= 0.3 is 0 Å². The molecule has 0 bridgehead atoms. The van der Waals surface area contributed by atoms with Crippen molar-refractivity contribution in [3.8, 4) is 0 Å². The van der Waals surface area contributed by atoms with Crippen molar-refractivity contribution >= 4 is 10.0 Å². The molecule has 5 nitrogen and oxygen atoms in total. The highest BCUT2D eigenvalue weighted by Gasteiger charge is 2.31. The van der Waals surface area contributed by atoms with Gasteiger partial charge < -0.3 is 4.74 Å². The van der Waals surface area contributed by atoms with Crippen molar-refractivity contribution in [1.29, 1.82) is 0 Å². The van der Waals surface area contributed by atoms with Crippen molar-refractivity contribution in [2.45, 2.75) is 36.7 Å². The summed E-state index contributed by atoms with van der Waals surface area (Å²) in [7, 11) is -0.231. The first-order valence-corrected chi connectivity index (χ1v) is 9.74. The van der Waals surface area contributed by atoms with Crippen LogP contribution in [-0.4, -0.2) is 57.5 Å². The average molecular weight is 338 g/mol. The first-order chi connectivity index (χ1) is 11.0. The summed E-state index contributed by atoms with van der Waals surface area (Å²) < 4.78 is 31.3. The lowest BCUT2D eigenvalue weighted by atomic mass is 10.1. The maximum atomic E-state index is 12.3. The van der Waals surface area contributed by atoms with Crippen molar-refractivity contribution in [3.05, 3.63) is 29.8 Å². The van der Waals surface area contributed by atoms with Crippen LogP contribution in [0.15, 0.2) is 29.2 Å². The number of hydrogen-bond donors (Lipinski definition) is 0. The van der Waals surface area contributed by atoms with Crippen LogP contribution >= 0.6 is 0 Å².